The van der Waals surface area contributed by atoms with Crippen LogP contribution in [-0.2, 0) is 4.79 Å². The van der Waals surface area contributed by atoms with Gasteiger partial charge in [0.05, 0.1) is 12.8 Å². The van der Waals surface area contributed by atoms with Gasteiger partial charge in [-0.3, -0.25) is 4.79 Å². The highest BCUT2D eigenvalue weighted by Crippen LogP contribution is 2.47. The fourth-order valence-electron chi connectivity index (χ4n) is 2.77. The molecule has 0 bridgehead atoms. The van der Waals surface area contributed by atoms with Crippen LogP contribution in [0.2, 0.25) is 5.02 Å². The Kier molecular flexibility index (Phi) is 5.06. The summed E-state index contributed by atoms with van der Waals surface area (Å²) >= 11 is 6.07. The molecule has 0 saturated heterocycles. The van der Waals surface area contributed by atoms with E-state index in [1.54, 1.807) is 18.2 Å². The zero-order valence-electron chi connectivity index (χ0n) is 14.8. The zero-order chi connectivity index (χ0) is 18.8. The molecule has 0 aliphatic heterocycles. The van der Waals surface area contributed by atoms with Gasteiger partial charge in [0, 0.05) is 23.1 Å². The quantitative estimate of drug-likeness (QED) is 0.598. The number of ether oxygens (including phenoxy) is 1. The SMILES string of the molecule is COc1cc(Cl)c(C)cc1NC(=O)/C(C#N)=C/c1ccc([C@H]2C[C@@H]2C)o1. The highest BCUT2D eigenvalue weighted by Gasteiger charge is 2.36. The third-order valence-electron chi connectivity index (χ3n) is 4.50. The normalized spacial score (nSPS) is 19.0. The number of aryl methyl sites for hydroxylation is 1. The average molecular weight is 371 g/mol. The molecule has 1 saturated carbocycles. The van der Waals surface area contributed by atoms with Crippen molar-refractivity contribution >= 4 is 29.3 Å². The van der Waals surface area contributed by atoms with Crippen LogP contribution >= 0.6 is 11.6 Å². The largest absolute Gasteiger partial charge is 0.495 e. The number of benzene rings is 1. The Morgan fingerprint density at radius 2 is 2.19 bits per heavy atom. The number of methoxy groups -OCH3 is 1. The first kappa shape index (κ1) is 18.1. The van der Waals surface area contributed by atoms with E-state index >= 15 is 0 Å². The second kappa shape index (κ2) is 7.27. The van der Waals surface area contributed by atoms with Crippen LogP contribution in [0.4, 0.5) is 5.69 Å². The van der Waals surface area contributed by atoms with Gasteiger partial charge in [-0.1, -0.05) is 18.5 Å². The Morgan fingerprint density at radius 3 is 2.81 bits per heavy atom. The first-order valence-electron chi connectivity index (χ1n) is 8.30. The molecular formula is C20H19ClN2O3. The number of halogens is 1. The van der Waals surface area contributed by atoms with Crippen LogP contribution in [0, 0.1) is 24.2 Å². The number of hydrogen-bond donors (Lipinski definition) is 1. The van der Waals surface area contributed by atoms with Gasteiger partial charge in [-0.15, -0.1) is 0 Å². The Hall–Kier alpha value is -2.71. The molecule has 1 aromatic heterocycles. The molecule has 0 unspecified atom stereocenters. The van der Waals surface area contributed by atoms with Crippen LogP contribution in [0.15, 0.2) is 34.3 Å². The number of nitriles is 1. The number of hydrogen-bond acceptors (Lipinski definition) is 4. The van der Waals surface area contributed by atoms with E-state index in [0.29, 0.717) is 34.1 Å². The maximum atomic E-state index is 12.5. The van der Waals surface area contributed by atoms with E-state index in [1.165, 1.54) is 13.2 Å². The summed E-state index contributed by atoms with van der Waals surface area (Å²) in [6.07, 6.45) is 2.55. The number of rotatable bonds is 5. The summed E-state index contributed by atoms with van der Waals surface area (Å²) in [6.45, 7) is 3.99. The standard InChI is InChI=1S/C20H19ClN2O3/c1-11-6-15(11)18-5-4-14(26-18)8-13(10-22)20(24)23-17-7-12(2)16(21)9-19(17)25-3/h4-5,7-9,11,15H,6H2,1-3H3,(H,23,24)/b13-8+/t11-,15-/m0/s1. The van der Waals surface area contributed by atoms with E-state index in [9.17, 15) is 10.1 Å². The predicted octanol–water partition coefficient (Wildman–Crippen LogP) is 4.92. The highest BCUT2D eigenvalue weighted by molar-refractivity contribution is 6.31. The fourth-order valence-corrected chi connectivity index (χ4v) is 2.93. The lowest BCUT2D eigenvalue weighted by Crippen LogP contribution is -2.14. The van der Waals surface area contributed by atoms with Crippen molar-refractivity contribution in [1.29, 1.82) is 5.26 Å². The Morgan fingerprint density at radius 1 is 1.46 bits per heavy atom. The van der Waals surface area contributed by atoms with E-state index < -0.39 is 5.91 Å². The van der Waals surface area contributed by atoms with Crippen molar-refractivity contribution < 1.29 is 13.9 Å². The molecule has 134 valence electrons. The minimum Gasteiger partial charge on any atom is -0.495 e. The number of furan rings is 1. The molecule has 26 heavy (non-hydrogen) atoms. The van der Waals surface area contributed by atoms with E-state index in [1.807, 2.05) is 19.1 Å². The summed E-state index contributed by atoms with van der Waals surface area (Å²) in [5.41, 5.74) is 1.19. The van der Waals surface area contributed by atoms with Gasteiger partial charge in [0.2, 0.25) is 0 Å². The van der Waals surface area contributed by atoms with Gasteiger partial charge >= 0.3 is 0 Å². The van der Waals surface area contributed by atoms with E-state index in [2.05, 4.69) is 12.2 Å². The number of nitrogens with zero attached hydrogens (tertiary/aromatic N) is 1. The molecule has 1 aromatic carbocycles. The van der Waals surface area contributed by atoms with Crippen molar-refractivity contribution in [2.24, 2.45) is 5.92 Å². The Labute approximate surface area is 157 Å². The van der Waals surface area contributed by atoms with Gasteiger partial charge in [-0.05, 0) is 43.0 Å². The van der Waals surface area contributed by atoms with E-state index in [-0.39, 0.29) is 5.57 Å². The first-order chi connectivity index (χ1) is 12.4. The van der Waals surface area contributed by atoms with Crippen molar-refractivity contribution in [3.8, 4) is 11.8 Å². The fraction of sp³-hybridized carbons (Fsp3) is 0.300. The summed E-state index contributed by atoms with van der Waals surface area (Å²) in [5, 5.41) is 12.6. The molecule has 1 amide bonds. The predicted molar refractivity (Wildman–Crippen MR) is 100 cm³/mol. The van der Waals surface area contributed by atoms with Crippen molar-refractivity contribution in [1.82, 2.24) is 0 Å². The smallest absolute Gasteiger partial charge is 0.266 e. The number of nitrogens with one attached hydrogen (secondary N) is 1. The molecule has 1 heterocycles. The monoisotopic (exact) mass is 370 g/mol. The summed E-state index contributed by atoms with van der Waals surface area (Å²) in [7, 11) is 1.49. The van der Waals surface area contributed by atoms with Crippen LogP contribution < -0.4 is 10.1 Å². The van der Waals surface area contributed by atoms with Crippen molar-refractivity contribution in [2.75, 3.05) is 12.4 Å². The molecule has 1 aliphatic carbocycles. The van der Waals surface area contributed by atoms with Crippen molar-refractivity contribution in [3.63, 3.8) is 0 Å². The molecular weight excluding hydrogens is 352 g/mol. The van der Waals surface area contributed by atoms with Gasteiger partial charge < -0.3 is 14.5 Å². The maximum absolute atomic E-state index is 12.5. The molecule has 6 heteroatoms. The van der Waals surface area contributed by atoms with Gasteiger partial charge in [-0.25, -0.2) is 0 Å². The molecule has 1 aliphatic rings. The highest BCUT2D eigenvalue weighted by atomic mass is 35.5. The molecule has 0 spiro atoms. The molecule has 1 N–H and O–H groups in total. The number of anilines is 1. The summed E-state index contributed by atoms with van der Waals surface area (Å²) in [4.78, 5) is 12.5. The Balaban J connectivity index is 1.80. The van der Waals surface area contributed by atoms with E-state index in [0.717, 1.165) is 17.7 Å². The second-order valence-corrected chi connectivity index (χ2v) is 6.89. The number of amides is 1. The molecule has 1 fully saturated rings. The van der Waals surface area contributed by atoms with Crippen LogP contribution in [0.3, 0.4) is 0 Å². The van der Waals surface area contributed by atoms with Crippen LogP contribution in [-0.4, -0.2) is 13.0 Å². The number of carbonyl (C=O) groups is 1. The summed E-state index contributed by atoms with van der Waals surface area (Å²) in [5.74, 6) is 2.34. The van der Waals surface area contributed by atoms with Gasteiger partial charge in [0.1, 0.15) is 28.9 Å². The van der Waals surface area contributed by atoms with Crippen LogP contribution in [0.5, 0.6) is 5.75 Å². The third kappa shape index (κ3) is 3.76. The molecule has 3 rings (SSSR count). The van der Waals surface area contributed by atoms with Gasteiger partial charge in [0.25, 0.3) is 5.91 Å². The lowest BCUT2D eigenvalue weighted by Gasteiger charge is -2.11. The Bertz CT molecular complexity index is 924. The van der Waals surface area contributed by atoms with Crippen molar-refractivity contribution in [3.05, 3.63) is 51.9 Å². The van der Waals surface area contributed by atoms with Crippen molar-refractivity contribution in [2.45, 2.75) is 26.2 Å². The maximum Gasteiger partial charge on any atom is 0.266 e. The minimum absolute atomic E-state index is 0.0515. The molecule has 0 radical (unpaired) electrons. The molecule has 2 aromatic rings. The topological polar surface area (TPSA) is 75.3 Å². The second-order valence-electron chi connectivity index (χ2n) is 6.49. The lowest BCUT2D eigenvalue weighted by atomic mass is 10.1. The minimum atomic E-state index is -0.537. The molecule has 2 atom stereocenters. The zero-order valence-corrected chi connectivity index (χ0v) is 15.6. The van der Waals surface area contributed by atoms with Gasteiger partial charge in [-0.2, -0.15) is 5.26 Å². The van der Waals surface area contributed by atoms with Gasteiger partial charge in [0.15, 0.2) is 0 Å². The summed E-state index contributed by atoms with van der Waals surface area (Å²) < 4.78 is 11.0. The molecule has 5 nitrogen and oxygen atoms in total. The number of carbonyl (C=O) groups excluding carboxylic acids is 1. The first-order valence-corrected chi connectivity index (χ1v) is 8.67. The van der Waals surface area contributed by atoms with E-state index in [4.69, 9.17) is 20.8 Å². The average Bonchev–Trinajstić information content (AvgIpc) is 3.16. The summed E-state index contributed by atoms with van der Waals surface area (Å²) in [6, 6.07) is 8.92. The third-order valence-corrected chi connectivity index (χ3v) is 4.91. The lowest BCUT2D eigenvalue weighted by molar-refractivity contribution is -0.112. The van der Waals surface area contributed by atoms with Crippen LogP contribution in [0.1, 0.15) is 36.3 Å². The van der Waals surface area contributed by atoms with Crippen LogP contribution in [0.25, 0.3) is 6.08 Å².